The molecule has 1 atom stereocenters. The fourth-order valence-corrected chi connectivity index (χ4v) is 4.02. The molecule has 1 unspecified atom stereocenters. The van der Waals surface area contributed by atoms with Crippen LogP contribution in [0.15, 0.2) is 18.2 Å². The minimum atomic E-state index is -0.142. The number of fused-ring (bicyclic) bond motifs is 2. The van der Waals surface area contributed by atoms with E-state index in [4.69, 9.17) is 0 Å². The molecule has 0 radical (unpaired) electrons. The summed E-state index contributed by atoms with van der Waals surface area (Å²) < 4.78 is 14.3. The van der Waals surface area contributed by atoms with Gasteiger partial charge in [0.2, 0.25) is 5.91 Å². The molecule has 21 heavy (non-hydrogen) atoms. The Morgan fingerprint density at radius 1 is 1.33 bits per heavy atom. The highest BCUT2D eigenvalue weighted by Gasteiger charge is 2.50. The van der Waals surface area contributed by atoms with Gasteiger partial charge in [-0.25, -0.2) is 4.39 Å². The molecular formula is C16H20ClFN2O. The van der Waals surface area contributed by atoms with E-state index in [1.54, 1.807) is 6.07 Å². The predicted octanol–water partition coefficient (Wildman–Crippen LogP) is 2.77. The second-order valence-corrected chi connectivity index (χ2v) is 6.34. The Morgan fingerprint density at radius 3 is 2.76 bits per heavy atom. The number of nitrogens with one attached hydrogen (secondary N) is 1. The van der Waals surface area contributed by atoms with E-state index in [0.717, 1.165) is 49.9 Å². The van der Waals surface area contributed by atoms with Gasteiger partial charge in [-0.05, 0) is 44.4 Å². The molecule has 3 aliphatic rings. The summed E-state index contributed by atoms with van der Waals surface area (Å²) >= 11 is 0. The van der Waals surface area contributed by atoms with E-state index in [-0.39, 0.29) is 35.6 Å². The Bertz CT molecular complexity index is 567. The van der Waals surface area contributed by atoms with E-state index in [1.807, 2.05) is 11.0 Å². The van der Waals surface area contributed by atoms with Crippen molar-refractivity contribution in [2.75, 3.05) is 18.0 Å². The summed E-state index contributed by atoms with van der Waals surface area (Å²) in [7, 11) is 0. The second kappa shape index (κ2) is 5.25. The number of benzene rings is 1. The lowest BCUT2D eigenvalue weighted by Crippen LogP contribution is -2.47. The van der Waals surface area contributed by atoms with Crippen LogP contribution in [0.3, 0.4) is 0 Å². The quantitative estimate of drug-likeness (QED) is 0.865. The molecule has 1 aromatic carbocycles. The molecule has 4 rings (SSSR count). The van der Waals surface area contributed by atoms with E-state index in [1.165, 1.54) is 6.07 Å². The van der Waals surface area contributed by atoms with Crippen LogP contribution in [0.2, 0.25) is 0 Å². The number of halogens is 2. The van der Waals surface area contributed by atoms with Gasteiger partial charge < -0.3 is 10.2 Å². The number of amides is 1. The van der Waals surface area contributed by atoms with Crippen molar-refractivity contribution in [2.45, 2.75) is 43.6 Å². The maximum Gasteiger partial charge on any atom is 0.244 e. The van der Waals surface area contributed by atoms with Crippen LogP contribution in [-0.2, 0) is 10.2 Å². The first-order valence-corrected chi connectivity index (χ1v) is 7.55. The summed E-state index contributed by atoms with van der Waals surface area (Å²) in [4.78, 5) is 14.5. The van der Waals surface area contributed by atoms with Crippen LogP contribution < -0.4 is 10.2 Å². The predicted molar refractivity (Wildman–Crippen MR) is 82.6 cm³/mol. The molecule has 114 valence electrons. The van der Waals surface area contributed by atoms with E-state index < -0.39 is 0 Å². The van der Waals surface area contributed by atoms with Crippen molar-refractivity contribution in [1.29, 1.82) is 0 Å². The number of carbonyl (C=O) groups excluding carboxylic acids is 1. The summed E-state index contributed by atoms with van der Waals surface area (Å²) in [6.45, 7) is 1.58. The SMILES string of the molecule is Cl.O=C(C1CCCN1)N1CC2(CCC2)c2c(F)cccc21. The minimum absolute atomic E-state index is 0. The zero-order valence-electron chi connectivity index (χ0n) is 11.9. The van der Waals surface area contributed by atoms with Gasteiger partial charge in [0.15, 0.2) is 0 Å². The van der Waals surface area contributed by atoms with Crippen molar-refractivity contribution in [3.8, 4) is 0 Å². The van der Waals surface area contributed by atoms with Gasteiger partial charge in [-0.2, -0.15) is 0 Å². The Labute approximate surface area is 130 Å². The molecule has 1 amide bonds. The molecule has 1 aromatic rings. The van der Waals surface area contributed by atoms with Crippen LogP contribution in [0, 0.1) is 5.82 Å². The van der Waals surface area contributed by atoms with Gasteiger partial charge in [0.05, 0.1) is 11.7 Å². The van der Waals surface area contributed by atoms with Gasteiger partial charge in [-0.3, -0.25) is 4.79 Å². The van der Waals surface area contributed by atoms with Gasteiger partial charge >= 0.3 is 0 Å². The molecule has 1 saturated heterocycles. The molecule has 2 fully saturated rings. The standard InChI is InChI=1S/C16H19FN2O.ClH/c17-11-4-1-6-13-14(11)16(7-3-8-16)10-19(13)15(20)12-5-2-9-18-12;/h1,4,6,12,18H,2-3,5,7-10H2;1H. The van der Waals surface area contributed by atoms with E-state index in [2.05, 4.69) is 5.32 Å². The number of nitrogens with zero attached hydrogens (tertiary/aromatic N) is 1. The maximum atomic E-state index is 14.3. The van der Waals surface area contributed by atoms with Crippen molar-refractivity contribution in [1.82, 2.24) is 5.32 Å². The number of anilines is 1. The molecule has 1 saturated carbocycles. The summed E-state index contributed by atoms with van der Waals surface area (Å²) in [5.74, 6) is -0.0185. The zero-order chi connectivity index (χ0) is 13.7. The molecule has 5 heteroatoms. The molecular weight excluding hydrogens is 291 g/mol. The Morgan fingerprint density at radius 2 is 2.14 bits per heavy atom. The first-order chi connectivity index (χ1) is 9.71. The van der Waals surface area contributed by atoms with Gasteiger partial charge in [-0.1, -0.05) is 12.5 Å². The molecule has 1 aliphatic carbocycles. The highest BCUT2D eigenvalue weighted by molar-refractivity contribution is 6.00. The highest BCUT2D eigenvalue weighted by atomic mass is 35.5. The van der Waals surface area contributed by atoms with Gasteiger partial charge in [0.1, 0.15) is 5.82 Å². The number of hydrogen-bond acceptors (Lipinski definition) is 2. The molecule has 1 N–H and O–H groups in total. The molecule has 1 spiro atoms. The van der Waals surface area contributed by atoms with Crippen LogP contribution in [0.4, 0.5) is 10.1 Å². The first-order valence-electron chi connectivity index (χ1n) is 7.55. The lowest BCUT2D eigenvalue weighted by Gasteiger charge is -2.39. The molecule has 0 bridgehead atoms. The average molecular weight is 311 g/mol. The molecule has 0 aromatic heterocycles. The fourth-order valence-electron chi connectivity index (χ4n) is 4.02. The zero-order valence-corrected chi connectivity index (χ0v) is 12.7. The Balaban J connectivity index is 0.00000132. The largest absolute Gasteiger partial charge is 0.310 e. The Hall–Kier alpha value is -1.13. The smallest absolute Gasteiger partial charge is 0.244 e. The van der Waals surface area contributed by atoms with Crippen LogP contribution >= 0.6 is 12.4 Å². The number of rotatable bonds is 1. The minimum Gasteiger partial charge on any atom is -0.310 e. The van der Waals surface area contributed by atoms with Crippen molar-refractivity contribution in [2.24, 2.45) is 0 Å². The van der Waals surface area contributed by atoms with E-state index in [0.29, 0.717) is 6.54 Å². The summed E-state index contributed by atoms with van der Waals surface area (Å²) in [6.07, 6.45) is 5.08. The van der Waals surface area contributed by atoms with Crippen molar-refractivity contribution >= 4 is 24.0 Å². The third kappa shape index (κ3) is 2.08. The summed E-state index contributed by atoms with van der Waals surface area (Å²) in [5, 5.41) is 3.26. The summed E-state index contributed by atoms with van der Waals surface area (Å²) in [6, 6.07) is 5.06. The van der Waals surface area contributed by atoms with Crippen LogP contribution in [0.5, 0.6) is 0 Å². The van der Waals surface area contributed by atoms with E-state index >= 15 is 0 Å². The van der Waals surface area contributed by atoms with Gasteiger partial charge in [-0.15, -0.1) is 12.4 Å². The van der Waals surface area contributed by atoms with Crippen molar-refractivity contribution in [3.63, 3.8) is 0 Å². The molecule has 3 nitrogen and oxygen atoms in total. The monoisotopic (exact) mass is 310 g/mol. The van der Waals surface area contributed by atoms with Crippen LogP contribution in [0.1, 0.15) is 37.7 Å². The van der Waals surface area contributed by atoms with Gasteiger partial charge in [0.25, 0.3) is 0 Å². The first kappa shape index (κ1) is 14.8. The Kier molecular flexibility index (Phi) is 3.70. The lowest BCUT2D eigenvalue weighted by atomic mass is 9.65. The van der Waals surface area contributed by atoms with Crippen molar-refractivity contribution < 1.29 is 9.18 Å². The molecule has 2 aliphatic heterocycles. The summed E-state index contributed by atoms with van der Waals surface area (Å²) in [5.41, 5.74) is 1.50. The normalized spacial score (nSPS) is 25.4. The van der Waals surface area contributed by atoms with Gasteiger partial charge in [0, 0.05) is 17.5 Å². The van der Waals surface area contributed by atoms with Crippen LogP contribution in [-0.4, -0.2) is 25.0 Å². The third-order valence-electron chi connectivity index (χ3n) is 5.21. The number of carbonyl (C=O) groups is 1. The second-order valence-electron chi connectivity index (χ2n) is 6.34. The maximum absolute atomic E-state index is 14.3. The van der Waals surface area contributed by atoms with Crippen molar-refractivity contribution in [3.05, 3.63) is 29.6 Å². The topological polar surface area (TPSA) is 32.3 Å². The number of hydrogen-bond donors (Lipinski definition) is 1. The molecule has 2 heterocycles. The lowest BCUT2D eigenvalue weighted by molar-refractivity contribution is -0.120. The fraction of sp³-hybridized carbons (Fsp3) is 0.562. The van der Waals surface area contributed by atoms with E-state index in [9.17, 15) is 9.18 Å². The van der Waals surface area contributed by atoms with Crippen LogP contribution in [0.25, 0.3) is 0 Å². The third-order valence-corrected chi connectivity index (χ3v) is 5.21. The average Bonchev–Trinajstić information content (AvgIpc) is 3.03. The highest BCUT2D eigenvalue weighted by Crippen LogP contribution is 2.53.